The number of aromatic hydroxyl groups is 1. The summed E-state index contributed by atoms with van der Waals surface area (Å²) in [6.07, 6.45) is 4.29. The molecule has 38 heavy (non-hydrogen) atoms. The molecule has 10 nitrogen and oxygen atoms in total. The molecule has 0 saturated heterocycles. The monoisotopic (exact) mass is 527 g/mol. The van der Waals surface area contributed by atoms with Gasteiger partial charge in [0.25, 0.3) is 21.8 Å². The number of rotatable bonds is 6. The van der Waals surface area contributed by atoms with Gasteiger partial charge in [0.1, 0.15) is 11.9 Å². The summed E-state index contributed by atoms with van der Waals surface area (Å²) in [5, 5.41) is 9.77. The van der Waals surface area contributed by atoms with Crippen molar-refractivity contribution in [3.63, 3.8) is 0 Å². The van der Waals surface area contributed by atoms with Gasteiger partial charge >= 0.3 is 0 Å². The highest BCUT2D eigenvalue weighted by Gasteiger charge is 2.36. The molecular formula is C27H21N5O5S. The van der Waals surface area contributed by atoms with Crippen molar-refractivity contribution < 1.29 is 23.1 Å². The first-order chi connectivity index (χ1) is 18.3. The summed E-state index contributed by atoms with van der Waals surface area (Å²) < 4.78 is 28.0. The van der Waals surface area contributed by atoms with E-state index in [1.165, 1.54) is 70.7 Å². The van der Waals surface area contributed by atoms with E-state index in [0.29, 0.717) is 16.9 Å². The van der Waals surface area contributed by atoms with Crippen LogP contribution in [0.25, 0.3) is 0 Å². The third kappa shape index (κ3) is 4.95. The van der Waals surface area contributed by atoms with Gasteiger partial charge in [-0.05, 0) is 60.2 Å². The lowest BCUT2D eigenvalue weighted by atomic mass is 10.1. The van der Waals surface area contributed by atoms with Crippen molar-refractivity contribution in [2.24, 2.45) is 0 Å². The molecule has 3 aromatic carbocycles. The molecule has 0 radical (unpaired) electrons. The molecule has 2 heterocycles. The third-order valence-corrected chi connectivity index (χ3v) is 7.12. The Bertz CT molecular complexity index is 1590. The average molecular weight is 528 g/mol. The quantitative estimate of drug-likeness (QED) is 0.391. The minimum atomic E-state index is -3.99. The Hall–Kier alpha value is -5.03. The Morgan fingerprint density at radius 1 is 0.711 bits per heavy atom. The topological polar surface area (TPSA) is 133 Å². The second-order valence-corrected chi connectivity index (χ2v) is 9.90. The second-order valence-electron chi connectivity index (χ2n) is 8.22. The zero-order valence-corrected chi connectivity index (χ0v) is 20.6. The Morgan fingerprint density at radius 2 is 1.24 bits per heavy atom. The molecule has 2 amide bonds. The van der Waals surface area contributed by atoms with E-state index in [2.05, 4.69) is 14.7 Å². The Kier molecular flexibility index (Phi) is 6.58. The van der Waals surface area contributed by atoms with Crippen LogP contribution in [0.1, 0.15) is 11.7 Å². The molecular weight excluding hydrogens is 506 g/mol. The Balaban J connectivity index is 1.57. The molecule has 0 aliphatic carbocycles. The van der Waals surface area contributed by atoms with Crippen molar-refractivity contribution in [3.05, 3.63) is 115 Å². The van der Waals surface area contributed by atoms with Crippen LogP contribution in [0.15, 0.2) is 114 Å². The number of phenolic OH excluding ortho intramolecular Hbond substituents is 1. The van der Waals surface area contributed by atoms with E-state index < -0.39 is 28.0 Å². The molecule has 1 aliphatic heterocycles. The highest BCUT2D eigenvalue weighted by Crippen LogP contribution is 2.37. The highest BCUT2D eigenvalue weighted by atomic mass is 32.2. The maximum absolute atomic E-state index is 13.4. The summed E-state index contributed by atoms with van der Waals surface area (Å²) in [6.45, 7) is 0. The number of aromatic nitrogens is 2. The number of carbonyl (C=O) groups is 2. The lowest BCUT2D eigenvalue weighted by Crippen LogP contribution is -2.45. The number of benzene rings is 3. The first-order valence-electron chi connectivity index (χ1n) is 11.4. The Morgan fingerprint density at radius 3 is 1.79 bits per heavy atom. The molecule has 0 bridgehead atoms. The number of hydrogen-bond donors (Lipinski definition) is 2. The van der Waals surface area contributed by atoms with Gasteiger partial charge in [-0.25, -0.2) is 23.1 Å². The molecule has 0 fully saturated rings. The van der Waals surface area contributed by atoms with E-state index in [9.17, 15) is 23.1 Å². The van der Waals surface area contributed by atoms with Crippen LogP contribution in [0, 0.1) is 0 Å². The van der Waals surface area contributed by atoms with Crippen molar-refractivity contribution >= 4 is 39.2 Å². The fourth-order valence-electron chi connectivity index (χ4n) is 4.05. The van der Waals surface area contributed by atoms with Crippen LogP contribution < -0.4 is 14.5 Å². The number of amides is 2. The molecule has 5 rings (SSSR count). The number of nitrogens with zero attached hydrogens (tertiary/aromatic N) is 4. The van der Waals surface area contributed by atoms with Gasteiger partial charge in [0, 0.05) is 35.9 Å². The van der Waals surface area contributed by atoms with Gasteiger partial charge in [-0.3, -0.25) is 19.4 Å². The van der Waals surface area contributed by atoms with Gasteiger partial charge in [-0.2, -0.15) is 0 Å². The van der Waals surface area contributed by atoms with Crippen LogP contribution in [0.3, 0.4) is 0 Å². The average Bonchev–Trinajstić information content (AvgIpc) is 3.06. The predicted molar refractivity (Wildman–Crippen MR) is 141 cm³/mol. The standard InChI is InChI=1S/C27H21N5O5S/c33-22-11-7-20(8-12-22)31-24(34)15-16-25(35)32(26(31)19-5-2-1-3-6-19)21-9-13-23(14-10-21)38(36,37)30-27-28-17-4-18-29-27/h1-18,26,33H,(H,28,29,30). The van der Waals surface area contributed by atoms with E-state index in [-0.39, 0.29) is 16.6 Å². The minimum absolute atomic E-state index is 0.0297. The first-order valence-corrected chi connectivity index (χ1v) is 12.9. The number of anilines is 3. The van der Waals surface area contributed by atoms with E-state index in [0.717, 1.165) is 0 Å². The molecule has 1 aromatic heterocycles. The zero-order chi connectivity index (χ0) is 26.7. The highest BCUT2D eigenvalue weighted by molar-refractivity contribution is 7.92. The van der Waals surface area contributed by atoms with Gasteiger partial charge in [-0.15, -0.1) is 0 Å². The molecule has 190 valence electrons. The van der Waals surface area contributed by atoms with Gasteiger partial charge in [0.05, 0.1) is 4.90 Å². The van der Waals surface area contributed by atoms with Crippen molar-refractivity contribution in [1.29, 1.82) is 0 Å². The fraction of sp³-hybridized carbons (Fsp3) is 0.0370. The smallest absolute Gasteiger partial charge is 0.264 e. The van der Waals surface area contributed by atoms with Crippen LogP contribution >= 0.6 is 0 Å². The molecule has 4 aromatic rings. The molecule has 0 spiro atoms. The van der Waals surface area contributed by atoms with E-state index in [4.69, 9.17) is 0 Å². The first kappa shape index (κ1) is 24.7. The summed E-state index contributed by atoms with van der Waals surface area (Å²) in [5.41, 5.74) is 1.46. The van der Waals surface area contributed by atoms with Gasteiger partial charge in [-0.1, -0.05) is 30.3 Å². The number of nitrogens with one attached hydrogen (secondary N) is 1. The number of phenols is 1. The molecule has 2 N–H and O–H groups in total. The fourth-order valence-corrected chi connectivity index (χ4v) is 5.01. The summed E-state index contributed by atoms with van der Waals surface area (Å²) in [4.78, 5) is 37.2. The maximum Gasteiger partial charge on any atom is 0.264 e. The van der Waals surface area contributed by atoms with Crippen molar-refractivity contribution in [1.82, 2.24) is 9.97 Å². The number of carbonyl (C=O) groups excluding carboxylic acids is 2. The van der Waals surface area contributed by atoms with Gasteiger partial charge in [0.15, 0.2) is 0 Å². The van der Waals surface area contributed by atoms with Crippen molar-refractivity contribution in [2.75, 3.05) is 14.5 Å². The van der Waals surface area contributed by atoms with E-state index in [1.54, 1.807) is 42.5 Å². The van der Waals surface area contributed by atoms with Crippen LogP contribution in [0.5, 0.6) is 5.75 Å². The molecule has 1 atom stereocenters. The molecule has 1 aliphatic rings. The summed E-state index contributed by atoms with van der Waals surface area (Å²) in [7, 11) is -3.99. The van der Waals surface area contributed by atoms with E-state index >= 15 is 0 Å². The van der Waals surface area contributed by atoms with Crippen LogP contribution in [0.4, 0.5) is 17.3 Å². The van der Waals surface area contributed by atoms with Crippen LogP contribution in [0.2, 0.25) is 0 Å². The van der Waals surface area contributed by atoms with E-state index in [1.807, 2.05) is 6.07 Å². The van der Waals surface area contributed by atoms with Gasteiger partial charge in [0.2, 0.25) is 5.95 Å². The molecule has 0 saturated carbocycles. The van der Waals surface area contributed by atoms with Crippen LogP contribution in [-0.2, 0) is 19.6 Å². The minimum Gasteiger partial charge on any atom is -0.508 e. The summed E-state index contributed by atoms with van der Waals surface area (Å²) >= 11 is 0. The zero-order valence-electron chi connectivity index (χ0n) is 19.7. The summed E-state index contributed by atoms with van der Waals surface area (Å²) in [5.74, 6) is -0.953. The number of hydrogen-bond acceptors (Lipinski definition) is 7. The van der Waals surface area contributed by atoms with Crippen LogP contribution in [-0.4, -0.2) is 35.3 Å². The predicted octanol–water partition coefficient (Wildman–Crippen LogP) is 3.62. The maximum atomic E-state index is 13.4. The number of sulfonamides is 1. The molecule has 11 heteroatoms. The Labute approximate surface area is 218 Å². The SMILES string of the molecule is O=C1C=CC(=O)N(c2ccc(S(=O)(=O)Nc3ncccn3)cc2)C(c2ccccc2)N1c1ccc(O)cc1. The summed E-state index contributed by atoms with van der Waals surface area (Å²) in [6, 6.07) is 22.3. The normalized spacial score (nSPS) is 15.8. The van der Waals surface area contributed by atoms with Crippen molar-refractivity contribution in [3.8, 4) is 5.75 Å². The third-order valence-electron chi connectivity index (χ3n) is 5.77. The second kappa shape index (κ2) is 10.1. The molecule has 1 unspecified atom stereocenters. The van der Waals surface area contributed by atoms with Gasteiger partial charge < -0.3 is 5.11 Å². The van der Waals surface area contributed by atoms with Crippen molar-refractivity contribution in [2.45, 2.75) is 11.1 Å². The largest absolute Gasteiger partial charge is 0.508 e. The lowest BCUT2D eigenvalue weighted by molar-refractivity contribution is -0.114. The lowest BCUT2D eigenvalue weighted by Gasteiger charge is -2.38.